The average Bonchev–Trinajstić information content (AvgIpc) is 2.48. The van der Waals surface area contributed by atoms with Crippen molar-refractivity contribution in [2.45, 2.75) is 33.4 Å². The molecule has 1 heterocycles. The van der Waals surface area contributed by atoms with E-state index in [-0.39, 0.29) is 23.6 Å². The molecule has 0 saturated carbocycles. The number of carbonyl (C=O) groups is 1. The second-order valence-corrected chi connectivity index (χ2v) is 4.04. The summed E-state index contributed by atoms with van der Waals surface area (Å²) in [5.74, 6) is -0.718. The number of nitrogens with two attached hydrogens (primary N) is 1. The molecule has 5 nitrogen and oxygen atoms in total. The van der Waals surface area contributed by atoms with Gasteiger partial charge in [0, 0.05) is 25.0 Å². The van der Waals surface area contributed by atoms with Crippen molar-refractivity contribution in [1.82, 2.24) is 9.13 Å². The molecule has 0 aliphatic rings. The van der Waals surface area contributed by atoms with E-state index < -0.39 is 0 Å². The summed E-state index contributed by atoms with van der Waals surface area (Å²) in [6.45, 7) is 5.92. The van der Waals surface area contributed by atoms with Crippen molar-refractivity contribution in [2.75, 3.05) is 0 Å². The second-order valence-electron chi connectivity index (χ2n) is 4.04. The number of aromatic nitrogens is 2. The van der Waals surface area contributed by atoms with Crippen LogP contribution in [0.25, 0.3) is 0 Å². The largest absolute Gasteiger partial charge is 0.369 e. The Balaban J connectivity index is 2.89. The number of rotatable bonds is 4. The zero-order valence-corrected chi connectivity index (χ0v) is 9.30. The minimum atomic E-state index is -0.390. The maximum Gasteiger partial charge on any atom is 0.328 e. The molecule has 15 heavy (non-hydrogen) atoms. The Labute approximate surface area is 88.5 Å². The molecule has 0 aromatic carbocycles. The molecule has 2 N–H and O–H groups in total. The number of nitrogens with zero attached hydrogens (tertiary/aromatic N) is 2. The van der Waals surface area contributed by atoms with Gasteiger partial charge >= 0.3 is 5.69 Å². The van der Waals surface area contributed by atoms with Gasteiger partial charge in [0.05, 0.1) is 5.92 Å². The van der Waals surface area contributed by atoms with Gasteiger partial charge in [0.25, 0.3) is 0 Å². The number of carbonyl (C=O) groups excluding carboxylic acids is 1. The predicted octanol–water partition coefficient (Wildman–Crippen LogP) is 0.352. The molecule has 5 heteroatoms. The van der Waals surface area contributed by atoms with Crippen LogP contribution in [0.1, 0.15) is 26.8 Å². The van der Waals surface area contributed by atoms with E-state index in [2.05, 4.69) is 0 Å². The van der Waals surface area contributed by atoms with E-state index in [1.54, 1.807) is 23.9 Å². The molecule has 1 aromatic heterocycles. The number of hydrogen-bond donors (Lipinski definition) is 1. The summed E-state index contributed by atoms with van der Waals surface area (Å²) in [7, 11) is 0. The van der Waals surface area contributed by atoms with Crippen LogP contribution in [0.15, 0.2) is 17.2 Å². The number of imidazole rings is 1. The highest BCUT2D eigenvalue weighted by Gasteiger charge is 2.12. The molecule has 0 bridgehead atoms. The Hall–Kier alpha value is -1.52. The number of hydrogen-bond acceptors (Lipinski definition) is 2. The molecule has 0 fully saturated rings. The van der Waals surface area contributed by atoms with Crippen LogP contribution in [-0.2, 0) is 11.3 Å². The minimum absolute atomic E-state index is 0.0990. The lowest BCUT2D eigenvalue weighted by Gasteiger charge is -2.08. The summed E-state index contributed by atoms with van der Waals surface area (Å²) in [6.07, 6.45) is 3.41. The first-order valence-electron chi connectivity index (χ1n) is 5.00. The summed E-state index contributed by atoms with van der Waals surface area (Å²) in [4.78, 5) is 22.6. The molecule has 0 spiro atoms. The molecular weight excluding hydrogens is 194 g/mol. The highest BCUT2D eigenvalue weighted by atomic mass is 16.2. The van der Waals surface area contributed by atoms with Crippen molar-refractivity contribution < 1.29 is 4.79 Å². The van der Waals surface area contributed by atoms with Gasteiger partial charge in [-0.05, 0) is 13.8 Å². The van der Waals surface area contributed by atoms with Crippen LogP contribution in [0.2, 0.25) is 0 Å². The van der Waals surface area contributed by atoms with Crippen molar-refractivity contribution >= 4 is 5.91 Å². The Morgan fingerprint density at radius 1 is 1.40 bits per heavy atom. The van der Waals surface area contributed by atoms with Crippen LogP contribution in [-0.4, -0.2) is 15.0 Å². The predicted molar refractivity (Wildman–Crippen MR) is 57.4 cm³/mol. The molecular formula is C10H17N3O2. The smallest absolute Gasteiger partial charge is 0.328 e. The quantitative estimate of drug-likeness (QED) is 0.780. The monoisotopic (exact) mass is 211 g/mol. The third kappa shape index (κ3) is 2.49. The fourth-order valence-electron chi connectivity index (χ4n) is 1.35. The van der Waals surface area contributed by atoms with Crippen molar-refractivity contribution in [3.8, 4) is 0 Å². The van der Waals surface area contributed by atoms with Crippen LogP contribution in [0.4, 0.5) is 0 Å². The Bertz CT molecular complexity index is 403. The van der Waals surface area contributed by atoms with Crippen LogP contribution >= 0.6 is 0 Å². The molecule has 1 aromatic rings. The fourth-order valence-corrected chi connectivity index (χ4v) is 1.35. The zero-order valence-electron chi connectivity index (χ0n) is 9.30. The third-order valence-electron chi connectivity index (χ3n) is 2.39. The van der Waals surface area contributed by atoms with Crippen LogP contribution < -0.4 is 11.4 Å². The SMILES string of the molecule is CC(Cn1ccn(C(C)C)c1=O)C(N)=O. The first-order valence-corrected chi connectivity index (χ1v) is 5.00. The summed E-state index contributed by atoms with van der Waals surface area (Å²) < 4.78 is 3.13. The van der Waals surface area contributed by atoms with E-state index in [1.807, 2.05) is 13.8 Å². The van der Waals surface area contributed by atoms with Gasteiger partial charge in [0.2, 0.25) is 5.91 Å². The van der Waals surface area contributed by atoms with Gasteiger partial charge in [-0.1, -0.05) is 6.92 Å². The summed E-state index contributed by atoms with van der Waals surface area (Å²) in [6, 6.07) is 0.127. The van der Waals surface area contributed by atoms with E-state index >= 15 is 0 Å². The van der Waals surface area contributed by atoms with Gasteiger partial charge in [-0.2, -0.15) is 0 Å². The van der Waals surface area contributed by atoms with Crippen LogP contribution in [0, 0.1) is 5.92 Å². The highest BCUT2D eigenvalue weighted by molar-refractivity contribution is 5.76. The van der Waals surface area contributed by atoms with Gasteiger partial charge in [-0.3, -0.25) is 13.9 Å². The van der Waals surface area contributed by atoms with Gasteiger partial charge in [0.1, 0.15) is 0 Å². The lowest BCUT2D eigenvalue weighted by atomic mass is 10.2. The Kier molecular flexibility index (Phi) is 3.34. The van der Waals surface area contributed by atoms with E-state index in [0.717, 1.165) is 0 Å². The minimum Gasteiger partial charge on any atom is -0.369 e. The molecule has 0 saturated heterocycles. The molecule has 1 atom stereocenters. The summed E-state index contributed by atoms with van der Waals surface area (Å²) in [5.41, 5.74) is 5.04. The van der Waals surface area contributed by atoms with E-state index in [4.69, 9.17) is 5.73 Å². The Morgan fingerprint density at radius 2 is 2.00 bits per heavy atom. The molecule has 0 aliphatic heterocycles. The lowest BCUT2D eigenvalue weighted by molar-refractivity contribution is -0.121. The number of primary amides is 1. The average molecular weight is 211 g/mol. The van der Waals surface area contributed by atoms with Crippen molar-refractivity contribution in [2.24, 2.45) is 11.7 Å². The lowest BCUT2D eigenvalue weighted by Crippen LogP contribution is -2.31. The van der Waals surface area contributed by atoms with E-state index in [1.165, 1.54) is 4.57 Å². The van der Waals surface area contributed by atoms with Gasteiger partial charge in [0.15, 0.2) is 0 Å². The fraction of sp³-hybridized carbons (Fsp3) is 0.600. The molecule has 84 valence electrons. The van der Waals surface area contributed by atoms with Gasteiger partial charge < -0.3 is 5.73 Å². The van der Waals surface area contributed by atoms with Gasteiger partial charge in [-0.15, -0.1) is 0 Å². The first-order chi connectivity index (χ1) is 6.93. The van der Waals surface area contributed by atoms with Crippen molar-refractivity contribution in [3.63, 3.8) is 0 Å². The van der Waals surface area contributed by atoms with E-state index in [9.17, 15) is 9.59 Å². The maximum atomic E-state index is 11.7. The third-order valence-corrected chi connectivity index (χ3v) is 2.39. The first kappa shape index (κ1) is 11.6. The summed E-state index contributed by atoms with van der Waals surface area (Å²) >= 11 is 0. The second kappa shape index (κ2) is 4.33. The molecule has 0 radical (unpaired) electrons. The van der Waals surface area contributed by atoms with Crippen LogP contribution in [0.3, 0.4) is 0 Å². The molecule has 0 aliphatic carbocycles. The number of amides is 1. The van der Waals surface area contributed by atoms with Gasteiger partial charge in [-0.25, -0.2) is 4.79 Å². The zero-order chi connectivity index (χ0) is 11.6. The normalized spacial score (nSPS) is 13.1. The Morgan fingerprint density at radius 3 is 2.40 bits per heavy atom. The molecule has 1 unspecified atom stereocenters. The van der Waals surface area contributed by atoms with Crippen LogP contribution in [0.5, 0.6) is 0 Å². The van der Waals surface area contributed by atoms with E-state index in [0.29, 0.717) is 6.54 Å². The highest BCUT2D eigenvalue weighted by Crippen LogP contribution is 2.01. The maximum absolute atomic E-state index is 11.7. The van der Waals surface area contributed by atoms with Crippen molar-refractivity contribution in [3.05, 3.63) is 22.9 Å². The molecule has 1 amide bonds. The van der Waals surface area contributed by atoms with Crippen molar-refractivity contribution in [1.29, 1.82) is 0 Å². The summed E-state index contributed by atoms with van der Waals surface area (Å²) in [5, 5.41) is 0. The standard InChI is InChI=1S/C10H17N3O2/c1-7(2)13-5-4-12(10(13)15)6-8(3)9(11)14/h4-5,7-8H,6H2,1-3H3,(H2,11,14). The molecule has 1 rings (SSSR count). The topological polar surface area (TPSA) is 70.0 Å².